The molecular formula is C19H18F3NO4S. The van der Waals surface area contributed by atoms with Crippen LogP contribution in [0.1, 0.15) is 39.9 Å². The summed E-state index contributed by atoms with van der Waals surface area (Å²) in [6.45, 7) is 3.16. The maximum Gasteiger partial charge on any atom is 0.416 e. The molecule has 1 atom stereocenters. The number of anilines is 1. The number of benzene rings is 1. The first-order valence-electron chi connectivity index (χ1n) is 8.33. The number of alkyl halides is 3. The molecule has 0 aliphatic rings. The molecule has 0 fully saturated rings. The largest absolute Gasteiger partial charge is 0.453 e. The number of aryl methyl sites for hydroxylation is 1. The molecule has 0 spiro atoms. The number of thiophene rings is 1. The summed E-state index contributed by atoms with van der Waals surface area (Å²) in [6, 6.07) is 7.60. The second-order valence-electron chi connectivity index (χ2n) is 6.03. The number of rotatable bonds is 7. The van der Waals surface area contributed by atoms with Crippen molar-refractivity contribution in [1.82, 2.24) is 0 Å². The van der Waals surface area contributed by atoms with Crippen LogP contribution in [0.3, 0.4) is 0 Å². The third-order valence-electron chi connectivity index (χ3n) is 3.71. The van der Waals surface area contributed by atoms with Crippen LogP contribution in [0, 0.1) is 6.92 Å². The third kappa shape index (κ3) is 6.19. The van der Waals surface area contributed by atoms with Crippen molar-refractivity contribution in [3.05, 3.63) is 51.7 Å². The number of esters is 1. The van der Waals surface area contributed by atoms with Gasteiger partial charge in [0.25, 0.3) is 5.91 Å². The maximum atomic E-state index is 12.7. The van der Waals surface area contributed by atoms with Gasteiger partial charge in [0.2, 0.25) is 0 Å². The van der Waals surface area contributed by atoms with Crippen molar-refractivity contribution in [2.24, 2.45) is 0 Å². The summed E-state index contributed by atoms with van der Waals surface area (Å²) < 4.78 is 43.1. The number of amides is 1. The van der Waals surface area contributed by atoms with Gasteiger partial charge in [-0.25, -0.2) is 0 Å². The number of halogens is 3. The Kier molecular flexibility index (Phi) is 6.95. The Balaban J connectivity index is 1.84. The van der Waals surface area contributed by atoms with Crippen LogP contribution in [0.5, 0.6) is 0 Å². The first kappa shape index (κ1) is 21.6. The molecule has 2 rings (SSSR count). The lowest BCUT2D eigenvalue weighted by Crippen LogP contribution is -2.30. The molecule has 9 heteroatoms. The monoisotopic (exact) mass is 413 g/mol. The zero-order valence-corrected chi connectivity index (χ0v) is 15.9. The molecule has 0 aliphatic carbocycles. The summed E-state index contributed by atoms with van der Waals surface area (Å²) in [5, 5.41) is 2.27. The van der Waals surface area contributed by atoms with Gasteiger partial charge in [-0.1, -0.05) is 6.07 Å². The van der Waals surface area contributed by atoms with Crippen LogP contribution in [-0.2, 0) is 20.5 Å². The number of Topliss-reactive ketones (excluding diaryl/α,β-unsaturated/α-hetero) is 1. The van der Waals surface area contributed by atoms with Crippen LogP contribution < -0.4 is 5.32 Å². The number of carbonyl (C=O) groups excluding carboxylic acids is 3. The Labute approximate surface area is 163 Å². The van der Waals surface area contributed by atoms with Gasteiger partial charge in [0.15, 0.2) is 11.9 Å². The topological polar surface area (TPSA) is 72.5 Å². The van der Waals surface area contributed by atoms with E-state index in [1.807, 2.05) is 6.92 Å². The zero-order chi connectivity index (χ0) is 20.9. The highest BCUT2D eigenvalue weighted by atomic mass is 32.1. The number of hydrogen-bond donors (Lipinski definition) is 1. The van der Waals surface area contributed by atoms with Crippen LogP contribution in [0.2, 0.25) is 0 Å². The van der Waals surface area contributed by atoms with E-state index in [0.717, 1.165) is 23.1 Å². The maximum absolute atomic E-state index is 12.7. The lowest BCUT2D eigenvalue weighted by Gasteiger charge is -2.14. The molecule has 0 aliphatic heterocycles. The van der Waals surface area contributed by atoms with E-state index >= 15 is 0 Å². The molecule has 1 amide bonds. The average Bonchev–Trinajstić information content (AvgIpc) is 3.05. The van der Waals surface area contributed by atoms with Gasteiger partial charge < -0.3 is 10.1 Å². The van der Waals surface area contributed by atoms with E-state index in [1.54, 1.807) is 12.1 Å². The molecular weight excluding hydrogens is 395 g/mol. The number of nitrogens with one attached hydrogen (secondary N) is 1. The lowest BCUT2D eigenvalue weighted by molar-refractivity contribution is -0.153. The molecule has 150 valence electrons. The van der Waals surface area contributed by atoms with E-state index in [0.29, 0.717) is 4.88 Å². The molecule has 28 heavy (non-hydrogen) atoms. The van der Waals surface area contributed by atoms with E-state index in [4.69, 9.17) is 4.74 Å². The van der Waals surface area contributed by atoms with Crippen molar-refractivity contribution in [1.29, 1.82) is 0 Å². The summed E-state index contributed by atoms with van der Waals surface area (Å²) in [7, 11) is 0. The van der Waals surface area contributed by atoms with Crippen LogP contribution in [0.25, 0.3) is 0 Å². The SMILES string of the molecule is Cc1ccc(C(=O)CCC(=O)O[C@@H](C)C(=O)Nc2cccc(C(F)(F)F)c2)s1. The zero-order valence-electron chi connectivity index (χ0n) is 15.1. The number of ketones is 1. The van der Waals surface area contributed by atoms with Crippen molar-refractivity contribution in [3.8, 4) is 0 Å². The normalized spacial score (nSPS) is 12.3. The van der Waals surface area contributed by atoms with Crippen molar-refractivity contribution >= 4 is 34.7 Å². The molecule has 5 nitrogen and oxygen atoms in total. The molecule has 0 unspecified atom stereocenters. The third-order valence-corrected chi connectivity index (χ3v) is 4.75. The van der Waals surface area contributed by atoms with Crippen molar-refractivity contribution in [3.63, 3.8) is 0 Å². The lowest BCUT2D eigenvalue weighted by atomic mass is 10.2. The average molecular weight is 413 g/mol. The molecule has 1 aromatic carbocycles. The molecule has 2 aromatic rings. The fourth-order valence-corrected chi connectivity index (χ4v) is 3.08. The van der Waals surface area contributed by atoms with Crippen LogP contribution in [-0.4, -0.2) is 23.8 Å². The minimum atomic E-state index is -4.54. The number of hydrogen-bond acceptors (Lipinski definition) is 5. The summed E-state index contributed by atoms with van der Waals surface area (Å²) in [5.74, 6) is -1.71. The van der Waals surface area contributed by atoms with Crippen molar-refractivity contribution in [2.75, 3.05) is 5.32 Å². The summed E-state index contributed by atoms with van der Waals surface area (Å²) in [4.78, 5) is 37.4. The van der Waals surface area contributed by atoms with Gasteiger partial charge in [-0.2, -0.15) is 13.2 Å². The Morgan fingerprint density at radius 2 is 1.86 bits per heavy atom. The smallest absolute Gasteiger partial charge is 0.416 e. The van der Waals surface area contributed by atoms with Crippen molar-refractivity contribution < 1.29 is 32.3 Å². The second-order valence-corrected chi connectivity index (χ2v) is 7.32. The first-order chi connectivity index (χ1) is 13.1. The highest BCUT2D eigenvalue weighted by Gasteiger charge is 2.30. The van der Waals surface area contributed by atoms with Gasteiger partial charge in [-0.15, -0.1) is 11.3 Å². The van der Waals surface area contributed by atoms with Gasteiger partial charge >= 0.3 is 12.1 Å². The molecule has 0 bridgehead atoms. The summed E-state index contributed by atoms with van der Waals surface area (Å²) in [5.41, 5.74) is -0.969. The predicted octanol–water partition coefficient (Wildman–Crippen LogP) is 4.61. The Bertz CT molecular complexity index is 876. The Morgan fingerprint density at radius 3 is 2.46 bits per heavy atom. The second kappa shape index (κ2) is 9.01. The van der Waals surface area contributed by atoms with Gasteiger partial charge in [0, 0.05) is 17.0 Å². The van der Waals surface area contributed by atoms with Crippen LogP contribution in [0.4, 0.5) is 18.9 Å². The summed E-state index contributed by atoms with van der Waals surface area (Å²) >= 11 is 1.32. The number of carbonyl (C=O) groups is 3. The quantitative estimate of drug-likeness (QED) is 0.532. The Morgan fingerprint density at radius 1 is 1.14 bits per heavy atom. The van der Waals surface area contributed by atoms with Crippen LogP contribution in [0.15, 0.2) is 36.4 Å². The minimum Gasteiger partial charge on any atom is -0.453 e. The summed E-state index contributed by atoms with van der Waals surface area (Å²) in [6.07, 6.45) is -6.01. The first-order valence-corrected chi connectivity index (χ1v) is 9.15. The van der Waals surface area contributed by atoms with Gasteiger partial charge in [-0.05, 0) is 44.2 Å². The fourth-order valence-electron chi connectivity index (χ4n) is 2.25. The molecule has 0 saturated heterocycles. The molecule has 0 saturated carbocycles. The van der Waals surface area contributed by atoms with Gasteiger partial charge in [0.1, 0.15) is 0 Å². The van der Waals surface area contributed by atoms with E-state index in [1.165, 1.54) is 24.3 Å². The fraction of sp³-hybridized carbons (Fsp3) is 0.316. The van der Waals surface area contributed by atoms with E-state index in [9.17, 15) is 27.6 Å². The van der Waals surface area contributed by atoms with Gasteiger partial charge in [0.05, 0.1) is 16.9 Å². The van der Waals surface area contributed by atoms with Crippen molar-refractivity contribution in [2.45, 2.75) is 39.0 Å². The molecule has 1 aromatic heterocycles. The predicted molar refractivity (Wildman–Crippen MR) is 98.2 cm³/mol. The highest BCUT2D eigenvalue weighted by molar-refractivity contribution is 7.14. The minimum absolute atomic E-state index is 0.0548. The van der Waals surface area contributed by atoms with E-state index in [-0.39, 0.29) is 24.3 Å². The molecule has 1 heterocycles. The molecule has 0 radical (unpaired) electrons. The highest BCUT2D eigenvalue weighted by Crippen LogP contribution is 2.30. The van der Waals surface area contributed by atoms with E-state index in [2.05, 4.69) is 5.32 Å². The number of ether oxygens (including phenoxy) is 1. The standard InChI is InChI=1S/C19H18F3NO4S/c1-11-6-8-16(28-11)15(24)7-9-17(25)27-12(2)18(26)23-14-5-3-4-13(10-14)19(20,21)22/h3-6,8,10,12H,7,9H2,1-2H3,(H,23,26)/t12-/m0/s1. The van der Waals surface area contributed by atoms with Crippen LogP contribution >= 0.6 is 11.3 Å². The van der Waals surface area contributed by atoms with E-state index < -0.39 is 29.7 Å². The Hall–Kier alpha value is -2.68. The van der Waals surface area contributed by atoms with Gasteiger partial charge in [-0.3, -0.25) is 14.4 Å². The molecule has 1 N–H and O–H groups in total.